The van der Waals surface area contributed by atoms with E-state index in [1.54, 1.807) is 18.2 Å². The molecule has 9 heteroatoms. The summed E-state index contributed by atoms with van der Waals surface area (Å²) in [4.78, 5) is 21.1. The summed E-state index contributed by atoms with van der Waals surface area (Å²) in [5.74, 6) is 0.292. The molecule has 0 radical (unpaired) electrons. The standard InChI is InChI=1S/C17H18FN5O3/c18-13-4-2-1-3-12(13)15-10-22(7-8-26-15)17-19-9-14(23(24)25)16(21-17)20-11-5-6-11/h1-4,9,11,15H,5-8,10H2,(H,19,20,21)/t15-/m0/s1. The van der Waals surface area contributed by atoms with Gasteiger partial charge in [0.1, 0.15) is 18.1 Å². The van der Waals surface area contributed by atoms with E-state index < -0.39 is 11.0 Å². The number of rotatable bonds is 5. The minimum Gasteiger partial charge on any atom is -0.370 e. The molecule has 8 nitrogen and oxygen atoms in total. The van der Waals surface area contributed by atoms with Crippen molar-refractivity contribution in [2.45, 2.75) is 25.0 Å². The van der Waals surface area contributed by atoms with Crippen LogP contribution in [0.5, 0.6) is 0 Å². The van der Waals surface area contributed by atoms with Crippen LogP contribution in [0.1, 0.15) is 24.5 Å². The van der Waals surface area contributed by atoms with Crippen LogP contribution in [0, 0.1) is 15.9 Å². The lowest BCUT2D eigenvalue weighted by Crippen LogP contribution is -2.39. The van der Waals surface area contributed by atoms with Crippen LogP contribution in [0.15, 0.2) is 30.5 Å². The predicted molar refractivity (Wildman–Crippen MR) is 92.6 cm³/mol. The van der Waals surface area contributed by atoms with Crippen molar-refractivity contribution in [3.8, 4) is 0 Å². The summed E-state index contributed by atoms with van der Waals surface area (Å²) >= 11 is 0. The number of benzene rings is 1. The van der Waals surface area contributed by atoms with Gasteiger partial charge in [-0.3, -0.25) is 10.1 Å². The largest absolute Gasteiger partial charge is 0.370 e. The van der Waals surface area contributed by atoms with Crippen molar-refractivity contribution in [2.24, 2.45) is 0 Å². The first-order chi connectivity index (χ1) is 12.6. The van der Waals surface area contributed by atoms with Gasteiger partial charge in [-0.15, -0.1) is 0 Å². The number of ether oxygens (including phenoxy) is 1. The zero-order chi connectivity index (χ0) is 18.1. The number of aromatic nitrogens is 2. The number of hydrogen-bond donors (Lipinski definition) is 1. The fraction of sp³-hybridized carbons (Fsp3) is 0.412. The molecule has 1 atom stereocenters. The molecule has 26 heavy (non-hydrogen) atoms. The summed E-state index contributed by atoms with van der Waals surface area (Å²) in [6.07, 6.45) is 2.73. The van der Waals surface area contributed by atoms with Gasteiger partial charge in [-0.25, -0.2) is 9.37 Å². The van der Waals surface area contributed by atoms with E-state index >= 15 is 0 Å². The molecule has 0 bridgehead atoms. The summed E-state index contributed by atoms with van der Waals surface area (Å²) in [5, 5.41) is 14.3. The number of morpholine rings is 1. The Morgan fingerprint density at radius 2 is 2.15 bits per heavy atom. The second-order valence-electron chi connectivity index (χ2n) is 6.41. The van der Waals surface area contributed by atoms with Gasteiger partial charge in [0.25, 0.3) is 0 Å². The maximum absolute atomic E-state index is 14.0. The highest BCUT2D eigenvalue weighted by Crippen LogP contribution is 2.31. The minimum atomic E-state index is -0.490. The van der Waals surface area contributed by atoms with E-state index in [9.17, 15) is 14.5 Å². The summed E-state index contributed by atoms with van der Waals surface area (Å²) in [6, 6.07) is 6.72. The number of nitro groups is 1. The summed E-state index contributed by atoms with van der Waals surface area (Å²) in [5.41, 5.74) is 0.343. The van der Waals surface area contributed by atoms with E-state index in [1.807, 2.05) is 4.90 Å². The van der Waals surface area contributed by atoms with Gasteiger partial charge in [-0.2, -0.15) is 4.98 Å². The fourth-order valence-electron chi connectivity index (χ4n) is 2.93. The van der Waals surface area contributed by atoms with Gasteiger partial charge >= 0.3 is 5.69 Å². The molecule has 1 aliphatic heterocycles. The van der Waals surface area contributed by atoms with Crippen molar-refractivity contribution >= 4 is 17.5 Å². The van der Waals surface area contributed by atoms with Crippen molar-refractivity contribution in [1.29, 1.82) is 0 Å². The molecule has 0 spiro atoms. The van der Waals surface area contributed by atoms with Crippen LogP contribution < -0.4 is 10.2 Å². The third-order valence-corrected chi connectivity index (χ3v) is 4.47. The maximum Gasteiger partial charge on any atom is 0.329 e. The van der Waals surface area contributed by atoms with E-state index in [0.29, 0.717) is 31.2 Å². The van der Waals surface area contributed by atoms with E-state index in [1.165, 1.54) is 12.3 Å². The minimum absolute atomic E-state index is 0.139. The molecule has 2 aliphatic rings. The second-order valence-corrected chi connectivity index (χ2v) is 6.41. The van der Waals surface area contributed by atoms with Gasteiger partial charge in [-0.05, 0) is 18.9 Å². The maximum atomic E-state index is 14.0. The quantitative estimate of drug-likeness (QED) is 0.648. The fourth-order valence-corrected chi connectivity index (χ4v) is 2.93. The van der Waals surface area contributed by atoms with E-state index in [4.69, 9.17) is 4.74 Å². The zero-order valence-corrected chi connectivity index (χ0v) is 14.0. The molecule has 2 fully saturated rings. The monoisotopic (exact) mass is 359 g/mol. The highest BCUT2D eigenvalue weighted by atomic mass is 19.1. The Morgan fingerprint density at radius 3 is 2.88 bits per heavy atom. The number of nitrogens with one attached hydrogen (secondary N) is 1. The van der Waals surface area contributed by atoms with Crippen LogP contribution in [0.25, 0.3) is 0 Å². The highest BCUT2D eigenvalue weighted by Gasteiger charge is 2.29. The first-order valence-corrected chi connectivity index (χ1v) is 8.51. The number of hydrogen-bond acceptors (Lipinski definition) is 7. The molecule has 1 saturated heterocycles. The van der Waals surface area contributed by atoms with Crippen molar-refractivity contribution in [2.75, 3.05) is 29.9 Å². The third-order valence-electron chi connectivity index (χ3n) is 4.47. The normalized spacial score (nSPS) is 20.0. The first-order valence-electron chi connectivity index (χ1n) is 8.51. The van der Waals surface area contributed by atoms with Crippen molar-refractivity contribution in [3.05, 3.63) is 52.0 Å². The van der Waals surface area contributed by atoms with Crippen LogP contribution in [-0.4, -0.2) is 40.6 Å². The summed E-state index contributed by atoms with van der Waals surface area (Å²) < 4.78 is 19.7. The molecule has 1 aliphatic carbocycles. The molecular weight excluding hydrogens is 341 g/mol. The van der Waals surface area contributed by atoms with Crippen LogP contribution in [0.3, 0.4) is 0 Å². The molecule has 2 heterocycles. The van der Waals surface area contributed by atoms with Crippen molar-refractivity contribution in [3.63, 3.8) is 0 Å². The Labute approximate surface area is 149 Å². The van der Waals surface area contributed by atoms with Gasteiger partial charge in [0.15, 0.2) is 0 Å². The summed E-state index contributed by atoms with van der Waals surface area (Å²) in [7, 11) is 0. The highest BCUT2D eigenvalue weighted by molar-refractivity contribution is 5.58. The molecule has 1 aromatic carbocycles. The molecular formula is C17H18FN5O3. The van der Waals surface area contributed by atoms with Gasteiger partial charge in [0, 0.05) is 18.2 Å². The lowest BCUT2D eigenvalue weighted by atomic mass is 10.1. The molecule has 4 rings (SSSR count). The molecule has 1 N–H and O–H groups in total. The topological polar surface area (TPSA) is 93.4 Å². The smallest absolute Gasteiger partial charge is 0.329 e. The van der Waals surface area contributed by atoms with Crippen molar-refractivity contribution in [1.82, 2.24) is 9.97 Å². The zero-order valence-electron chi connectivity index (χ0n) is 14.0. The first kappa shape index (κ1) is 16.6. The second kappa shape index (κ2) is 6.83. The Kier molecular flexibility index (Phi) is 4.37. The molecule has 0 amide bonds. The molecule has 136 valence electrons. The molecule has 1 aromatic heterocycles. The van der Waals surface area contributed by atoms with Gasteiger partial charge in [0.05, 0.1) is 18.1 Å². The number of anilines is 2. The SMILES string of the molecule is O=[N+]([O-])c1cnc(N2CCO[C@H](c3ccccc3F)C2)nc1NC1CC1. The number of halogens is 1. The Bertz CT molecular complexity index is 830. The van der Waals surface area contributed by atoms with Crippen LogP contribution in [0.4, 0.5) is 21.8 Å². The molecule has 2 aromatic rings. The lowest BCUT2D eigenvalue weighted by Gasteiger charge is -2.33. The number of nitrogens with zero attached hydrogens (tertiary/aromatic N) is 4. The van der Waals surface area contributed by atoms with E-state index in [2.05, 4.69) is 15.3 Å². The summed E-state index contributed by atoms with van der Waals surface area (Å²) in [6.45, 7) is 1.30. The Hall–Kier alpha value is -2.81. The van der Waals surface area contributed by atoms with Gasteiger partial charge < -0.3 is 15.0 Å². The molecule has 1 saturated carbocycles. The van der Waals surface area contributed by atoms with E-state index in [-0.39, 0.29) is 23.4 Å². The van der Waals surface area contributed by atoms with Gasteiger partial charge in [0.2, 0.25) is 11.8 Å². The predicted octanol–water partition coefficient (Wildman–Crippen LogP) is 2.68. The van der Waals surface area contributed by atoms with Crippen LogP contribution >= 0.6 is 0 Å². The molecule has 0 unspecified atom stereocenters. The van der Waals surface area contributed by atoms with Gasteiger partial charge in [-0.1, -0.05) is 18.2 Å². The Morgan fingerprint density at radius 1 is 1.35 bits per heavy atom. The average Bonchev–Trinajstić information content (AvgIpc) is 3.46. The van der Waals surface area contributed by atoms with Crippen LogP contribution in [-0.2, 0) is 4.74 Å². The third kappa shape index (κ3) is 3.43. The lowest BCUT2D eigenvalue weighted by molar-refractivity contribution is -0.384. The van der Waals surface area contributed by atoms with Crippen molar-refractivity contribution < 1.29 is 14.1 Å². The Balaban J connectivity index is 1.58. The van der Waals surface area contributed by atoms with Crippen LogP contribution in [0.2, 0.25) is 0 Å². The average molecular weight is 359 g/mol. The van der Waals surface area contributed by atoms with E-state index in [0.717, 1.165) is 12.8 Å².